The first-order valence-corrected chi connectivity index (χ1v) is 5.47. The number of carbonyl (C=O) groups is 1. The average Bonchev–Trinajstić information content (AvgIpc) is 2.28. The van der Waals surface area contributed by atoms with Crippen molar-refractivity contribution in [1.82, 2.24) is 14.9 Å². The summed E-state index contributed by atoms with van der Waals surface area (Å²) in [5.41, 5.74) is 0. The third kappa shape index (κ3) is 3.97. The Balaban J connectivity index is 2.82. The van der Waals surface area contributed by atoms with E-state index in [-0.39, 0.29) is 12.5 Å². The molecule has 6 heteroatoms. The van der Waals surface area contributed by atoms with Crippen molar-refractivity contribution in [1.29, 1.82) is 0 Å². The van der Waals surface area contributed by atoms with Crippen LogP contribution in [-0.2, 0) is 4.79 Å². The van der Waals surface area contributed by atoms with Gasteiger partial charge in [0.15, 0.2) is 0 Å². The van der Waals surface area contributed by atoms with Crippen molar-refractivity contribution in [3.8, 4) is 0 Å². The van der Waals surface area contributed by atoms with Crippen LogP contribution >= 0.6 is 0 Å². The number of rotatable bonds is 5. The number of hydrogen-bond donors (Lipinski definition) is 0. The summed E-state index contributed by atoms with van der Waals surface area (Å²) in [6.45, 7) is 2.83. The van der Waals surface area contributed by atoms with Crippen LogP contribution in [0.5, 0.6) is 0 Å². The minimum atomic E-state index is -0.589. The molecule has 0 N–H and O–H groups in total. The van der Waals surface area contributed by atoms with E-state index in [1.54, 1.807) is 19.0 Å². The molecule has 17 heavy (non-hydrogen) atoms. The molecule has 0 aliphatic carbocycles. The number of hydrogen-bond acceptors (Lipinski definition) is 4. The van der Waals surface area contributed by atoms with Gasteiger partial charge in [0.25, 0.3) is 0 Å². The zero-order chi connectivity index (χ0) is 12.8. The molecule has 5 nitrogen and oxygen atoms in total. The highest BCUT2D eigenvalue weighted by molar-refractivity contribution is 5.80. The topological polar surface area (TPSA) is 49.3 Å². The molecule has 1 heterocycles. The summed E-state index contributed by atoms with van der Waals surface area (Å²) in [5, 5.41) is 0. The molecular weight excluding hydrogens is 223 g/mol. The van der Waals surface area contributed by atoms with Crippen molar-refractivity contribution in [3.63, 3.8) is 0 Å². The van der Waals surface area contributed by atoms with Gasteiger partial charge < -0.3 is 9.80 Å². The Labute approximate surface area is 100 Å². The first kappa shape index (κ1) is 13.3. The quantitative estimate of drug-likeness (QED) is 0.718. The number of amides is 1. The lowest BCUT2D eigenvalue weighted by atomic mass is 10.3. The van der Waals surface area contributed by atoms with Crippen LogP contribution in [0.4, 0.5) is 10.2 Å². The van der Waals surface area contributed by atoms with Gasteiger partial charge >= 0.3 is 0 Å². The lowest BCUT2D eigenvalue weighted by Crippen LogP contribution is -2.37. The minimum Gasteiger partial charge on any atom is -0.347 e. The van der Waals surface area contributed by atoms with Crippen LogP contribution in [-0.4, -0.2) is 48.0 Å². The van der Waals surface area contributed by atoms with Gasteiger partial charge in [-0.3, -0.25) is 4.79 Å². The molecule has 1 aromatic heterocycles. The average molecular weight is 240 g/mol. The third-order valence-electron chi connectivity index (χ3n) is 2.26. The lowest BCUT2D eigenvalue weighted by Gasteiger charge is -2.23. The maximum atomic E-state index is 13.0. The standard InChI is InChI=1S/C11H17FN4O/c1-4-5-16(7-11(17)15(2)3)10-6-9(12)13-8-14-10/h6,8H,4-5,7H2,1-3H3. The summed E-state index contributed by atoms with van der Waals surface area (Å²) in [6.07, 6.45) is 2.01. The van der Waals surface area contributed by atoms with Crippen LogP contribution in [0.1, 0.15) is 13.3 Å². The summed E-state index contributed by atoms with van der Waals surface area (Å²) in [5.74, 6) is -0.194. The van der Waals surface area contributed by atoms with Gasteiger partial charge in [-0.1, -0.05) is 6.92 Å². The maximum absolute atomic E-state index is 13.0. The van der Waals surface area contributed by atoms with Gasteiger partial charge in [0.2, 0.25) is 11.9 Å². The van der Waals surface area contributed by atoms with Gasteiger partial charge in [-0.15, -0.1) is 0 Å². The number of likely N-dealkylation sites (N-methyl/N-ethyl adjacent to an activating group) is 1. The first-order chi connectivity index (χ1) is 8.04. The largest absolute Gasteiger partial charge is 0.347 e. The predicted molar refractivity (Wildman–Crippen MR) is 63.2 cm³/mol. The first-order valence-electron chi connectivity index (χ1n) is 5.47. The van der Waals surface area contributed by atoms with Gasteiger partial charge in [0.05, 0.1) is 6.54 Å². The van der Waals surface area contributed by atoms with Crippen molar-refractivity contribution >= 4 is 11.7 Å². The Morgan fingerprint density at radius 1 is 1.41 bits per heavy atom. The number of halogens is 1. The van der Waals surface area contributed by atoms with E-state index in [1.165, 1.54) is 11.0 Å². The highest BCUT2D eigenvalue weighted by Gasteiger charge is 2.14. The Kier molecular flexibility index (Phi) is 4.81. The van der Waals surface area contributed by atoms with Gasteiger partial charge in [0, 0.05) is 26.7 Å². The number of nitrogens with zero attached hydrogens (tertiary/aromatic N) is 4. The van der Waals surface area contributed by atoms with Crippen LogP contribution in [0.2, 0.25) is 0 Å². The Bertz CT molecular complexity index is 383. The summed E-state index contributed by atoms with van der Waals surface area (Å²) in [4.78, 5) is 22.2. The van der Waals surface area contributed by atoms with E-state index in [2.05, 4.69) is 9.97 Å². The van der Waals surface area contributed by atoms with Gasteiger partial charge in [0.1, 0.15) is 12.1 Å². The fourth-order valence-corrected chi connectivity index (χ4v) is 1.35. The third-order valence-corrected chi connectivity index (χ3v) is 2.26. The zero-order valence-electron chi connectivity index (χ0n) is 10.4. The Hall–Kier alpha value is -1.72. The van der Waals surface area contributed by atoms with Crippen molar-refractivity contribution < 1.29 is 9.18 Å². The molecule has 0 radical (unpaired) electrons. The molecule has 0 unspecified atom stereocenters. The molecule has 0 bridgehead atoms. The molecule has 0 saturated heterocycles. The minimum absolute atomic E-state index is 0.0440. The number of carbonyl (C=O) groups excluding carboxylic acids is 1. The molecule has 0 aromatic carbocycles. The second-order valence-corrected chi connectivity index (χ2v) is 3.91. The normalized spacial score (nSPS) is 10.1. The molecule has 0 saturated carbocycles. The summed E-state index contributed by atoms with van der Waals surface area (Å²) in [6, 6.07) is 1.23. The van der Waals surface area contributed by atoms with E-state index >= 15 is 0 Å². The molecule has 0 spiro atoms. The maximum Gasteiger partial charge on any atom is 0.241 e. The lowest BCUT2D eigenvalue weighted by molar-refractivity contribution is -0.127. The Morgan fingerprint density at radius 2 is 2.12 bits per heavy atom. The van der Waals surface area contributed by atoms with Crippen LogP contribution in [0.25, 0.3) is 0 Å². The van der Waals surface area contributed by atoms with E-state index in [4.69, 9.17) is 0 Å². The number of aromatic nitrogens is 2. The molecule has 0 aliphatic heterocycles. The van der Waals surface area contributed by atoms with E-state index < -0.39 is 5.95 Å². The van der Waals surface area contributed by atoms with Crippen LogP contribution in [0, 0.1) is 5.95 Å². The predicted octanol–water partition coefficient (Wildman–Crippen LogP) is 0.920. The molecule has 0 atom stereocenters. The monoisotopic (exact) mass is 240 g/mol. The second kappa shape index (κ2) is 6.12. The zero-order valence-corrected chi connectivity index (χ0v) is 10.4. The van der Waals surface area contributed by atoms with Crippen molar-refractivity contribution in [3.05, 3.63) is 18.3 Å². The second-order valence-electron chi connectivity index (χ2n) is 3.91. The Morgan fingerprint density at radius 3 is 2.65 bits per heavy atom. The molecule has 94 valence electrons. The molecule has 1 aromatic rings. The molecule has 0 aliphatic rings. The molecular formula is C11H17FN4O. The molecule has 0 fully saturated rings. The molecule has 1 amide bonds. The molecule has 1 rings (SSSR count). The highest BCUT2D eigenvalue weighted by Crippen LogP contribution is 2.10. The summed E-state index contributed by atoms with van der Waals surface area (Å²) < 4.78 is 13.0. The van der Waals surface area contributed by atoms with Gasteiger partial charge in [-0.25, -0.2) is 9.97 Å². The van der Waals surface area contributed by atoms with Crippen LogP contribution in [0.15, 0.2) is 12.4 Å². The van der Waals surface area contributed by atoms with Crippen LogP contribution < -0.4 is 4.90 Å². The summed E-state index contributed by atoms with van der Waals surface area (Å²) in [7, 11) is 3.38. The summed E-state index contributed by atoms with van der Waals surface area (Å²) >= 11 is 0. The van der Waals surface area contributed by atoms with E-state index in [0.29, 0.717) is 12.4 Å². The van der Waals surface area contributed by atoms with E-state index in [1.807, 2.05) is 6.92 Å². The fraction of sp³-hybridized carbons (Fsp3) is 0.545. The van der Waals surface area contributed by atoms with Crippen molar-refractivity contribution in [2.75, 3.05) is 32.1 Å². The SMILES string of the molecule is CCCN(CC(=O)N(C)C)c1cc(F)ncn1. The van der Waals surface area contributed by atoms with Crippen molar-refractivity contribution in [2.45, 2.75) is 13.3 Å². The highest BCUT2D eigenvalue weighted by atomic mass is 19.1. The van der Waals surface area contributed by atoms with E-state index in [9.17, 15) is 9.18 Å². The van der Waals surface area contributed by atoms with Crippen molar-refractivity contribution in [2.24, 2.45) is 0 Å². The van der Waals surface area contributed by atoms with Crippen LogP contribution in [0.3, 0.4) is 0 Å². The van der Waals surface area contributed by atoms with E-state index in [0.717, 1.165) is 12.7 Å². The van der Waals surface area contributed by atoms with Gasteiger partial charge in [-0.05, 0) is 6.42 Å². The smallest absolute Gasteiger partial charge is 0.241 e. The van der Waals surface area contributed by atoms with Gasteiger partial charge in [-0.2, -0.15) is 4.39 Å². The number of anilines is 1. The fourth-order valence-electron chi connectivity index (χ4n) is 1.35.